The zero-order chi connectivity index (χ0) is 25.1. The van der Waals surface area contributed by atoms with Gasteiger partial charge in [0, 0.05) is 28.0 Å². The van der Waals surface area contributed by atoms with Gasteiger partial charge in [0.2, 0.25) is 5.96 Å². The van der Waals surface area contributed by atoms with Gasteiger partial charge < -0.3 is 10.2 Å². The van der Waals surface area contributed by atoms with Crippen LogP contribution >= 0.6 is 34.7 Å². The first kappa shape index (κ1) is 28.2. The van der Waals surface area contributed by atoms with Crippen molar-refractivity contribution in [3.63, 3.8) is 0 Å². The summed E-state index contributed by atoms with van der Waals surface area (Å²) in [6, 6.07) is 6.14. The predicted octanol–water partition coefficient (Wildman–Crippen LogP) is 5.03. The van der Waals surface area contributed by atoms with E-state index in [1.165, 1.54) is 31.4 Å². The molecule has 7 nitrogen and oxygen atoms in total. The van der Waals surface area contributed by atoms with Gasteiger partial charge in [0.15, 0.2) is 0 Å². The zero-order valence-electron chi connectivity index (χ0n) is 20.5. The normalized spacial score (nSPS) is 15.7. The highest BCUT2D eigenvalue weighted by molar-refractivity contribution is 7.99. The molecule has 1 aromatic carbocycles. The lowest BCUT2D eigenvalue weighted by molar-refractivity contribution is 0.299. The summed E-state index contributed by atoms with van der Waals surface area (Å²) in [7, 11) is -3.75. The van der Waals surface area contributed by atoms with Crippen LogP contribution in [0.25, 0.3) is 0 Å². The molecule has 1 aliphatic rings. The summed E-state index contributed by atoms with van der Waals surface area (Å²) in [6.07, 6.45) is 4.59. The largest absolute Gasteiger partial charge is 0.355 e. The number of guanidine groups is 1. The van der Waals surface area contributed by atoms with Crippen LogP contribution in [0.1, 0.15) is 50.5 Å². The number of thioether (sulfide) groups is 1. The highest BCUT2D eigenvalue weighted by atomic mass is 35.5. The first-order valence-electron chi connectivity index (χ1n) is 12.2. The molecule has 0 spiro atoms. The molecule has 0 aliphatic heterocycles. The smallest absolute Gasteiger partial charge is 0.264 e. The van der Waals surface area contributed by atoms with E-state index in [1.807, 2.05) is 17.3 Å². The average molecular weight is 558 g/mol. The van der Waals surface area contributed by atoms with Gasteiger partial charge >= 0.3 is 0 Å². The molecule has 2 N–H and O–H groups in total. The van der Waals surface area contributed by atoms with Gasteiger partial charge in [0.05, 0.1) is 22.6 Å². The third-order valence-electron chi connectivity index (χ3n) is 6.20. The van der Waals surface area contributed by atoms with Crippen molar-refractivity contribution >= 4 is 50.7 Å². The van der Waals surface area contributed by atoms with Crippen molar-refractivity contribution in [1.29, 1.82) is 0 Å². The number of aromatic nitrogens is 1. The van der Waals surface area contributed by atoms with Gasteiger partial charge in [0.1, 0.15) is 0 Å². The molecule has 1 aliphatic carbocycles. The van der Waals surface area contributed by atoms with E-state index in [-0.39, 0.29) is 4.90 Å². The van der Waals surface area contributed by atoms with Crippen LogP contribution in [0.4, 0.5) is 0 Å². The number of hydrogen-bond donors (Lipinski definition) is 2. The van der Waals surface area contributed by atoms with Crippen molar-refractivity contribution in [2.75, 3.05) is 38.5 Å². The SMILES string of the molecule is CCN(CC)CCC(SCCN=C(NCC1CCC1)NS(=O)(=O)c1ccc(Cl)cc1)c1cscn1. The lowest BCUT2D eigenvalue weighted by Crippen LogP contribution is -2.43. The second-order valence-corrected chi connectivity index (χ2v) is 12.7. The summed E-state index contributed by atoms with van der Waals surface area (Å²) in [6.45, 7) is 8.71. The zero-order valence-corrected chi connectivity index (χ0v) is 23.7. The van der Waals surface area contributed by atoms with Crippen molar-refractivity contribution in [1.82, 2.24) is 19.9 Å². The van der Waals surface area contributed by atoms with E-state index in [0.717, 1.165) is 44.0 Å². The number of aliphatic imine (C=N–C) groups is 1. The van der Waals surface area contributed by atoms with Gasteiger partial charge in [-0.3, -0.25) is 4.99 Å². The van der Waals surface area contributed by atoms with Crippen molar-refractivity contribution in [3.05, 3.63) is 45.9 Å². The molecule has 0 radical (unpaired) electrons. The quantitative estimate of drug-likeness (QED) is 0.192. The summed E-state index contributed by atoms with van der Waals surface area (Å²) >= 11 is 9.37. The molecule has 1 saturated carbocycles. The maximum Gasteiger partial charge on any atom is 0.264 e. The second-order valence-electron chi connectivity index (χ2n) is 8.56. The third-order valence-corrected chi connectivity index (χ3v) is 9.71. The van der Waals surface area contributed by atoms with Crippen molar-refractivity contribution in [3.8, 4) is 0 Å². The van der Waals surface area contributed by atoms with Crippen LogP contribution in [0.15, 0.2) is 45.0 Å². The minimum Gasteiger partial charge on any atom is -0.355 e. The van der Waals surface area contributed by atoms with E-state index in [4.69, 9.17) is 11.6 Å². The molecule has 35 heavy (non-hydrogen) atoms. The van der Waals surface area contributed by atoms with Crippen molar-refractivity contribution in [2.45, 2.75) is 49.7 Å². The maximum absolute atomic E-state index is 12.9. The molecular formula is C24H36ClN5O2S3. The summed E-state index contributed by atoms with van der Waals surface area (Å²) in [5.74, 6) is 1.65. The Bertz CT molecular complexity index is 1010. The Balaban J connectivity index is 1.61. The number of thiazole rings is 1. The van der Waals surface area contributed by atoms with E-state index >= 15 is 0 Å². The van der Waals surface area contributed by atoms with Gasteiger partial charge in [-0.15, -0.1) is 11.3 Å². The number of nitrogens with zero attached hydrogens (tertiary/aromatic N) is 3. The molecule has 1 aromatic heterocycles. The van der Waals surface area contributed by atoms with Gasteiger partial charge in [-0.25, -0.2) is 18.1 Å². The number of benzene rings is 1. The van der Waals surface area contributed by atoms with Crippen LogP contribution in [0, 0.1) is 5.92 Å². The lowest BCUT2D eigenvalue weighted by Gasteiger charge is -2.26. The maximum atomic E-state index is 12.9. The van der Waals surface area contributed by atoms with E-state index < -0.39 is 10.0 Å². The summed E-state index contributed by atoms with van der Waals surface area (Å²) < 4.78 is 28.4. The van der Waals surface area contributed by atoms with E-state index in [2.05, 4.69) is 44.1 Å². The van der Waals surface area contributed by atoms with Crippen LogP contribution in [-0.4, -0.2) is 62.7 Å². The van der Waals surface area contributed by atoms with E-state index in [9.17, 15) is 8.42 Å². The average Bonchev–Trinajstić information content (AvgIpc) is 3.34. The minimum atomic E-state index is -3.75. The monoisotopic (exact) mass is 557 g/mol. The molecule has 2 aromatic rings. The molecule has 0 amide bonds. The first-order chi connectivity index (χ1) is 16.9. The van der Waals surface area contributed by atoms with Gasteiger partial charge in [-0.1, -0.05) is 31.9 Å². The Kier molecular flexibility index (Phi) is 11.6. The molecule has 1 heterocycles. The summed E-state index contributed by atoms with van der Waals surface area (Å²) in [4.78, 5) is 11.7. The van der Waals surface area contributed by atoms with Gasteiger partial charge in [-0.05, 0) is 69.1 Å². The molecule has 1 fully saturated rings. The topological polar surface area (TPSA) is 86.7 Å². The molecule has 0 saturated heterocycles. The van der Waals surface area contributed by atoms with Gasteiger partial charge in [0.25, 0.3) is 10.0 Å². The molecular weight excluding hydrogens is 522 g/mol. The molecule has 1 unspecified atom stereocenters. The molecule has 3 rings (SSSR count). The number of hydrogen-bond acceptors (Lipinski definition) is 7. The third kappa shape index (κ3) is 9.24. The Labute approximate surface area is 223 Å². The van der Waals surface area contributed by atoms with Crippen LogP contribution in [0.5, 0.6) is 0 Å². The van der Waals surface area contributed by atoms with Crippen molar-refractivity contribution < 1.29 is 8.42 Å². The molecule has 194 valence electrons. The molecule has 11 heteroatoms. The number of halogens is 1. The fourth-order valence-corrected chi connectivity index (χ4v) is 6.63. The molecule has 0 bridgehead atoms. The minimum absolute atomic E-state index is 0.161. The van der Waals surface area contributed by atoms with Crippen molar-refractivity contribution in [2.24, 2.45) is 10.9 Å². The standard InChI is InChI=1S/C24H36ClN5O2S3/c1-3-30(4-2)14-12-23(22-17-33-18-28-22)34-15-13-26-24(27-16-19-6-5-7-19)29-35(31,32)21-10-8-20(25)9-11-21/h8-11,17-19,23H,3-7,12-16H2,1-2H3,(H2,26,27,29). The van der Waals surface area contributed by atoms with Crippen LogP contribution in [-0.2, 0) is 10.0 Å². The fourth-order valence-electron chi connectivity index (χ4n) is 3.75. The fraction of sp³-hybridized carbons (Fsp3) is 0.583. The van der Waals surface area contributed by atoms with E-state index in [1.54, 1.807) is 23.5 Å². The molecule has 1 atom stereocenters. The van der Waals surface area contributed by atoms with Crippen LogP contribution < -0.4 is 10.0 Å². The van der Waals surface area contributed by atoms with Crippen LogP contribution in [0.2, 0.25) is 5.02 Å². The highest BCUT2D eigenvalue weighted by Crippen LogP contribution is 2.32. The Hall–Kier alpha value is -1.33. The first-order valence-corrected chi connectivity index (χ1v) is 16.0. The predicted molar refractivity (Wildman–Crippen MR) is 149 cm³/mol. The highest BCUT2D eigenvalue weighted by Gasteiger charge is 2.21. The van der Waals surface area contributed by atoms with Gasteiger partial charge in [-0.2, -0.15) is 11.8 Å². The number of rotatable bonds is 14. The number of nitrogens with one attached hydrogen (secondary N) is 2. The second kappa shape index (κ2) is 14.4. The Morgan fingerprint density at radius 1 is 1.29 bits per heavy atom. The summed E-state index contributed by atoms with van der Waals surface area (Å²) in [5, 5.41) is 6.15. The Morgan fingerprint density at radius 2 is 2.03 bits per heavy atom. The summed E-state index contributed by atoms with van der Waals surface area (Å²) in [5.41, 5.74) is 3.00. The Morgan fingerprint density at radius 3 is 2.63 bits per heavy atom. The number of sulfonamides is 1. The lowest BCUT2D eigenvalue weighted by atomic mass is 9.85. The van der Waals surface area contributed by atoms with Crippen LogP contribution in [0.3, 0.4) is 0 Å². The van der Waals surface area contributed by atoms with E-state index in [0.29, 0.717) is 28.7 Å².